The molecule has 0 spiro atoms. The highest BCUT2D eigenvalue weighted by molar-refractivity contribution is 9.10. The van der Waals surface area contributed by atoms with E-state index >= 15 is 0 Å². The Kier molecular flexibility index (Phi) is 2.71. The predicted octanol–water partition coefficient (Wildman–Crippen LogP) is 3.55. The number of rotatable bonds is 1. The van der Waals surface area contributed by atoms with Crippen molar-refractivity contribution in [2.75, 3.05) is 0 Å². The van der Waals surface area contributed by atoms with Crippen LogP contribution in [0, 0.1) is 4.77 Å². The van der Waals surface area contributed by atoms with Crippen LogP contribution in [0.5, 0.6) is 0 Å². The molecule has 1 heterocycles. The quantitative estimate of drug-likeness (QED) is 0.789. The van der Waals surface area contributed by atoms with Crippen LogP contribution in [-0.4, -0.2) is 15.2 Å². The summed E-state index contributed by atoms with van der Waals surface area (Å²) in [6.07, 6.45) is 0. The Labute approximate surface area is 98.6 Å². The summed E-state index contributed by atoms with van der Waals surface area (Å²) in [5.41, 5.74) is 0.894. The van der Waals surface area contributed by atoms with Crippen molar-refractivity contribution in [3.8, 4) is 11.4 Å². The fraction of sp³-hybridized carbons (Fsp3) is 0. The van der Waals surface area contributed by atoms with E-state index < -0.39 is 0 Å². The number of hydrogen-bond donors (Lipinski definition) is 2. The lowest BCUT2D eigenvalue weighted by Gasteiger charge is -1.98. The molecule has 0 saturated carbocycles. The lowest BCUT2D eigenvalue weighted by Crippen LogP contribution is -1.80. The first-order chi connectivity index (χ1) is 6.66. The van der Waals surface area contributed by atoms with Crippen molar-refractivity contribution in [3.05, 3.63) is 32.5 Å². The molecule has 72 valence electrons. The second-order valence-electron chi connectivity index (χ2n) is 2.64. The Bertz CT molecular complexity index is 519. The zero-order valence-corrected chi connectivity index (χ0v) is 10.0. The zero-order valence-electron chi connectivity index (χ0n) is 6.84. The highest BCUT2D eigenvalue weighted by Crippen LogP contribution is 2.26. The smallest absolute Gasteiger partial charge is 0.213 e. The Balaban J connectivity index is 2.52. The molecular weight excluding hydrogens is 286 g/mol. The van der Waals surface area contributed by atoms with E-state index in [0.29, 0.717) is 15.6 Å². The van der Waals surface area contributed by atoms with Crippen LogP contribution in [0.3, 0.4) is 0 Å². The Morgan fingerprint density at radius 3 is 2.71 bits per heavy atom. The predicted molar refractivity (Wildman–Crippen MR) is 61.9 cm³/mol. The average molecular weight is 291 g/mol. The van der Waals surface area contributed by atoms with Crippen LogP contribution < -0.4 is 0 Å². The molecule has 0 atom stereocenters. The Hall–Kier alpha value is -0.650. The summed E-state index contributed by atoms with van der Waals surface area (Å²) in [7, 11) is 0. The van der Waals surface area contributed by atoms with Crippen molar-refractivity contribution >= 4 is 39.7 Å². The van der Waals surface area contributed by atoms with Gasteiger partial charge in [0.25, 0.3) is 0 Å². The van der Waals surface area contributed by atoms with Gasteiger partial charge in [-0.3, -0.25) is 10.2 Å². The topological polar surface area (TPSA) is 44.5 Å². The molecule has 14 heavy (non-hydrogen) atoms. The minimum absolute atomic E-state index is 0.430. The summed E-state index contributed by atoms with van der Waals surface area (Å²) in [6, 6.07) is 5.58. The first-order valence-corrected chi connectivity index (χ1v) is 5.35. The van der Waals surface area contributed by atoms with Crippen LogP contribution in [0.25, 0.3) is 11.4 Å². The molecule has 0 unspecified atom stereocenters. The minimum Gasteiger partial charge on any atom is -0.282 e. The molecule has 0 aliphatic rings. The largest absolute Gasteiger partial charge is 0.282 e. The molecular formula is C8H5BrClN3S. The summed E-state index contributed by atoms with van der Waals surface area (Å²) in [6.45, 7) is 0. The third-order valence-electron chi connectivity index (χ3n) is 1.69. The van der Waals surface area contributed by atoms with Crippen molar-refractivity contribution < 1.29 is 0 Å². The van der Waals surface area contributed by atoms with E-state index in [9.17, 15) is 0 Å². The maximum Gasteiger partial charge on any atom is 0.213 e. The summed E-state index contributed by atoms with van der Waals surface area (Å²) < 4.78 is 1.29. The first kappa shape index (κ1) is 9.89. The van der Waals surface area contributed by atoms with Gasteiger partial charge < -0.3 is 0 Å². The molecule has 2 N–H and O–H groups in total. The Morgan fingerprint density at radius 1 is 1.36 bits per heavy atom. The maximum atomic E-state index is 5.95. The number of nitrogens with one attached hydrogen (secondary N) is 2. The molecule has 0 saturated heterocycles. The van der Waals surface area contributed by atoms with Gasteiger partial charge in [0.1, 0.15) is 0 Å². The van der Waals surface area contributed by atoms with Gasteiger partial charge in [-0.15, -0.1) is 0 Å². The van der Waals surface area contributed by atoms with Crippen molar-refractivity contribution in [3.63, 3.8) is 0 Å². The monoisotopic (exact) mass is 289 g/mol. The van der Waals surface area contributed by atoms with Crippen LogP contribution in [0.4, 0.5) is 0 Å². The maximum absolute atomic E-state index is 5.95. The van der Waals surface area contributed by atoms with E-state index in [1.165, 1.54) is 0 Å². The van der Waals surface area contributed by atoms with E-state index in [1.54, 1.807) is 0 Å². The normalized spacial score (nSPS) is 10.4. The van der Waals surface area contributed by atoms with Gasteiger partial charge in [-0.05, 0) is 46.3 Å². The SMILES string of the molecule is S=c1nc(-c2ccc(Br)c(Cl)c2)[nH][nH]1. The molecule has 2 aromatic rings. The number of nitrogens with zero attached hydrogens (tertiary/aromatic N) is 1. The third kappa shape index (κ3) is 1.89. The van der Waals surface area contributed by atoms with Crippen LogP contribution >= 0.6 is 39.7 Å². The molecule has 3 nitrogen and oxygen atoms in total. The van der Waals surface area contributed by atoms with Crippen molar-refractivity contribution in [2.24, 2.45) is 0 Å². The molecule has 6 heteroatoms. The second kappa shape index (κ2) is 3.84. The van der Waals surface area contributed by atoms with Crippen LogP contribution in [0.15, 0.2) is 22.7 Å². The lowest BCUT2D eigenvalue weighted by molar-refractivity contribution is 1.08. The molecule has 1 aromatic carbocycles. The molecule has 1 aromatic heterocycles. The van der Waals surface area contributed by atoms with Gasteiger partial charge in [0.15, 0.2) is 5.82 Å². The van der Waals surface area contributed by atoms with Crippen molar-refractivity contribution in [1.29, 1.82) is 0 Å². The minimum atomic E-state index is 0.430. The summed E-state index contributed by atoms with van der Waals surface area (Å²) in [5, 5.41) is 6.22. The second-order valence-corrected chi connectivity index (χ2v) is 4.29. The molecule has 0 aliphatic heterocycles. The number of benzene rings is 1. The van der Waals surface area contributed by atoms with Gasteiger partial charge >= 0.3 is 0 Å². The summed E-state index contributed by atoms with van der Waals surface area (Å²) in [5.74, 6) is 0.685. The van der Waals surface area contributed by atoms with Gasteiger partial charge in [-0.25, -0.2) is 0 Å². The molecule has 0 amide bonds. The number of aromatic nitrogens is 3. The van der Waals surface area contributed by atoms with Gasteiger partial charge in [0.05, 0.1) is 5.02 Å². The number of halogens is 2. The van der Waals surface area contributed by atoms with Gasteiger partial charge in [0, 0.05) is 10.0 Å². The van der Waals surface area contributed by atoms with Gasteiger partial charge in [-0.1, -0.05) is 11.6 Å². The first-order valence-electron chi connectivity index (χ1n) is 3.77. The molecule has 0 fully saturated rings. The highest BCUT2D eigenvalue weighted by Gasteiger charge is 2.03. The Morgan fingerprint density at radius 2 is 2.14 bits per heavy atom. The number of aromatic amines is 2. The number of H-pyrrole nitrogens is 2. The van der Waals surface area contributed by atoms with E-state index in [0.717, 1.165) is 10.0 Å². The summed E-state index contributed by atoms with van der Waals surface area (Å²) in [4.78, 5) is 4.08. The third-order valence-corrected chi connectivity index (χ3v) is 3.12. The highest BCUT2D eigenvalue weighted by atomic mass is 79.9. The fourth-order valence-corrected chi connectivity index (χ4v) is 1.62. The van der Waals surface area contributed by atoms with Crippen molar-refractivity contribution in [2.45, 2.75) is 0 Å². The zero-order chi connectivity index (χ0) is 10.1. The van der Waals surface area contributed by atoms with Crippen LogP contribution in [0.1, 0.15) is 0 Å². The van der Waals surface area contributed by atoms with Gasteiger partial charge in [0.2, 0.25) is 4.77 Å². The number of hydrogen-bond acceptors (Lipinski definition) is 2. The van der Waals surface area contributed by atoms with Crippen molar-refractivity contribution in [1.82, 2.24) is 15.2 Å². The average Bonchev–Trinajstić information content (AvgIpc) is 2.57. The standard InChI is InChI=1S/C8H5BrClN3S/c9-5-2-1-4(3-6(5)10)7-11-8(14)13-12-7/h1-3H,(H2,11,12,13,14). The lowest BCUT2D eigenvalue weighted by atomic mass is 10.2. The van der Waals surface area contributed by atoms with E-state index in [4.69, 9.17) is 23.8 Å². The summed E-state index contributed by atoms with van der Waals surface area (Å²) >= 11 is 14.1. The van der Waals surface area contributed by atoms with Crippen LogP contribution in [-0.2, 0) is 0 Å². The molecule has 0 aliphatic carbocycles. The van der Waals surface area contributed by atoms with Crippen LogP contribution in [0.2, 0.25) is 5.02 Å². The van der Waals surface area contributed by atoms with Gasteiger partial charge in [-0.2, -0.15) is 4.98 Å². The van der Waals surface area contributed by atoms with E-state index in [2.05, 4.69) is 31.1 Å². The van der Waals surface area contributed by atoms with E-state index in [1.807, 2.05) is 18.2 Å². The fourth-order valence-electron chi connectivity index (χ4n) is 1.05. The molecule has 0 radical (unpaired) electrons. The molecule has 2 rings (SSSR count). The molecule has 0 bridgehead atoms. The van der Waals surface area contributed by atoms with E-state index in [-0.39, 0.29) is 0 Å².